The van der Waals surface area contributed by atoms with Crippen LogP contribution in [0, 0.1) is 5.82 Å². The van der Waals surface area contributed by atoms with E-state index in [0.29, 0.717) is 0 Å². The Morgan fingerprint density at radius 1 is 1.25 bits per heavy atom. The Labute approximate surface area is 91.6 Å². The van der Waals surface area contributed by atoms with Crippen molar-refractivity contribution in [2.45, 2.75) is 19.4 Å². The first-order chi connectivity index (χ1) is 7.43. The van der Waals surface area contributed by atoms with Gasteiger partial charge in [-0.05, 0) is 26.0 Å². The predicted octanol–water partition coefficient (Wildman–Crippen LogP) is 2.09. The smallest absolute Gasteiger partial charge is 0.422 e. The van der Waals surface area contributed by atoms with Gasteiger partial charge in [0.05, 0.1) is 5.69 Å². The van der Waals surface area contributed by atoms with Crippen LogP contribution in [0.3, 0.4) is 0 Å². The van der Waals surface area contributed by atoms with E-state index in [4.69, 9.17) is 4.74 Å². The molecule has 2 amide bonds. The first-order valence-electron chi connectivity index (χ1n) is 4.75. The summed E-state index contributed by atoms with van der Waals surface area (Å²) in [5.74, 6) is -1.20. The monoisotopic (exact) mass is 223 g/mol. The molecule has 1 saturated heterocycles. The molecule has 16 heavy (non-hydrogen) atoms. The quantitative estimate of drug-likeness (QED) is 0.732. The summed E-state index contributed by atoms with van der Waals surface area (Å²) in [6.07, 6.45) is -0.847. The fourth-order valence-corrected chi connectivity index (χ4v) is 1.50. The molecular weight excluding hydrogens is 213 g/mol. The van der Waals surface area contributed by atoms with E-state index in [0.717, 1.165) is 4.90 Å². The number of carbonyl (C=O) groups excluding carboxylic acids is 2. The molecule has 1 aliphatic rings. The molecule has 1 aromatic rings. The Hall–Kier alpha value is -1.91. The second-order valence-corrected chi connectivity index (χ2v) is 3.97. The van der Waals surface area contributed by atoms with E-state index in [9.17, 15) is 14.0 Å². The van der Waals surface area contributed by atoms with Crippen molar-refractivity contribution in [1.29, 1.82) is 0 Å². The van der Waals surface area contributed by atoms with E-state index in [1.807, 2.05) is 0 Å². The summed E-state index contributed by atoms with van der Waals surface area (Å²) < 4.78 is 18.3. The van der Waals surface area contributed by atoms with Gasteiger partial charge in [-0.2, -0.15) is 0 Å². The van der Waals surface area contributed by atoms with Crippen LogP contribution in [-0.4, -0.2) is 17.6 Å². The number of para-hydroxylation sites is 1. The molecule has 0 unspecified atom stereocenters. The van der Waals surface area contributed by atoms with Gasteiger partial charge in [0.15, 0.2) is 5.60 Å². The molecule has 5 heteroatoms. The van der Waals surface area contributed by atoms with Crippen molar-refractivity contribution < 1.29 is 18.7 Å². The normalized spacial score (nSPS) is 18.8. The lowest BCUT2D eigenvalue weighted by atomic mass is 10.1. The minimum absolute atomic E-state index is 0.0805. The number of anilines is 1. The van der Waals surface area contributed by atoms with Crippen LogP contribution in [0.25, 0.3) is 0 Å². The number of halogens is 1. The number of hydrogen-bond donors (Lipinski definition) is 0. The van der Waals surface area contributed by atoms with Gasteiger partial charge in [-0.25, -0.2) is 14.1 Å². The Kier molecular flexibility index (Phi) is 2.18. The van der Waals surface area contributed by atoms with Crippen molar-refractivity contribution in [2.75, 3.05) is 4.90 Å². The van der Waals surface area contributed by atoms with Gasteiger partial charge in [0.25, 0.3) is 5.91 Å². The summed E-state index contributed by atoms with van der Waals surface area (Å²) in [6, 6.07) is 5.57. The molecule has 1 heterocycles. The van der Waals surface area contributed by atoms with Gasteiger partial charge in [-0.15, -0.1) is 0 Å². The summed E-state index contributed by atoms with van der Waals surface area (Å²) in [6.45, 7) is 2.93. The average Bonchev–Trinajstić information content (AvgIpc) is 2.39. The van der Waals surface area contributed by atoms with Crippen LogP contribution in [0.15, 0.2) is 24.3 Å². The number of nitrogens with zero attached hydrogens (tertiary/aromatic N) is 1. The van der Waals surface area contributed by atoms with Crippen molar-refractivity contribution in [3.8, 4) is 0 Å². The van der Waals surface area contributed by atoms with Gasteiger partial charge in [0.1, 0.15) is 5.82 Å². The summed E-state index contributed by atoms with van der Waals surface area (Å²) in [7, 11) is 0. The summed E-state index contributed by atoms with van der Waals surface area (Å²) in [5.41, 5.74) is -1.32. The fraction of sp³-hybridized carbons (Fsp3) is 0.273. The molecule has 0 bridgehead atoms. The van der Waals surface area contributed by atoms with Crippen LogP contribution in [0.2, 0.25) is 0 Å². The molecule has 0 N–H and O–H groups in total. The van der Waals surface area contributed by atoms with Crippen LogP contribution < -0.4 is 4.90 Å². The van der Waals surface area contributed by atoms with Crippen LogP contribution in [0.5, 0.6) is 0 Å². The molecule has 1 aromatic carbocycles. The van der Waals surface area contributed by atoms with E-state index in [-0.39, 0.29) is 5.69 Å². The highest BCUT2D eigenvalue weighted by Crippen LogP contribution is 2.30. The Morgan fingerprint density at radius 2 is 1.88 bits per heavy atom. The first-order valence-corrected chi connectivity index (χ1v) is 4.75. The zero-order valence-electron chi connectivity index (χ0n) is 8.86. The van der Waals surface area contributed by atoms with Crippen LogP contribution in [-0.2, 0) is 9.53 Å². The number of cyclic esters (lactones) is 1. The highest BCUT2D eigenvalue weighted by Gasteiger charge is 2.48. The molecule has 1 aliphatic heterocycles. The van der Waals surface area contributed by atoms with Crippen molar-refractivity contribution >= 4 is 17.7 Å². The summed E-state index contributed by atoms with van der Waals surface area (Å²) in [5, 5.41) is 0. The maximum absolute atomic E-state index is 13.4. The van der Waals surface area contributed by atoms with Crippen molar-refractivity contribution in [3.05, 3.63) is 30.1 Å². The standard InChI is InChI=1S/C11H10FNO3/c1-11(2)9(14)13(10(15)16-11)8-6-4-3-5-7(8)12/h3-6H,1-2H3. The van der Waals surface area contributed by atoms with E-state index in [2.05, 4.69) is 0 Å². The number of rotatable bonds is 1. The van der Waals surface area contributed by atoms with E-state index >= 15 is 0 Å². The molecule has 0 aromatic heterocycles. The summed E-state index contributed by atoms with van der Waals surface area (Å²) in [4.78, 5) is 24.0. The molecule has 0 saturated carbocycles. The van der Waals surface area contributed by atoms with E-state index in [1.54, 1.807) is 6.07 Å². The van der Waals surface area contributed by atoms with Gasteiger partial charge in [0.2, 0.25) is 0 Å². The molecule has 4 nitrogen and oxygen atoms in total. The predicted molar refractivity (Wildman–Crippen MR) is 54.4 cm³/mol. The lowest BCUT2D eigenvalue weighted by molar-refractivity contribution is -0.127. The van der Waals surface area contributed by atoms with Gasteiger partial charge in [-0.1, -0.05) is 12.1 Å². The lowest BCUT2D eigenvalue weighted by Gasteiger charge is -2.14. The van der Waals surface area contributed by atoms with Gasteiger partial charge < -0.3 is 4.74 Å². The van der Waals surface area contributed by atoms with E-state index < -0.39 is 23.4 Å². The number of hydrogen-bond acceptors (Lipinski definition) is 3. The number of benzene rings is 1. The van der Waals surface area contributed by atoms with Crippen LogP contribution in [0.1, 0.15) is 13.8 Å². The molecular formula is C11H10FNO3. The van der Waals surface area contributed by atoms with Crippen molar-refractivity contribution in [1.82, 2.24) is 0 Å². The number of carbonyl (C=O) groups is 2. The molecule has 0 atom stereocenters. The fourth-order valence-electron chi connectivity index (χ4n) is 1.50. The van der Waals surface area contributed by atoms with Gasteiger partial charge in [-0.3, -0.25) is 4.79 Å². The maximum Gasteiger partial charge on any atom is 0.422 e. The third-order valence-corrected chi connectivity index (χ3v) is 2.34. The van der Waals surface area contributed by atoms with E-state index in [1.165, 1.54) is 32.0 Å². The topological polar surface area (TPSA) is 46.6 Å². The number of imide groups is 1. The largest absolute Gasteiger partial charge is 0.433 e. The third-order valence-electron chi connectivity index (χ3n) is 2.34. The minimum atomic E-state index is -1.24. The minimum Gasteiger partial charge on any atom is -0.433 e. The van der Waals surface area contributed by atoms with Crippen LogP contribution >= 0.6 is 0 Å². The second-order valence-electron chi connectivity index (χ2n) is 3.97. The van der Waals surface area contributed by atoms with Crippen molar-refractivity contribution in [2.24, 2.45) is 0 Å². The second kappa shape index (κ2) is 3.30. The van der Waals surface area contributed by atoms with Gasteiger partial charge in [0, 0.05) is 0 Å². The molecule has 2 rings (SSSR count). The average molecular weight is 223 g/mol. The Balaban J connectivity index is 2.47. The molecule has 0 radical (unpaired) electrons. The van der Waals surface area contributed by atoms with Gasteiger partial charge >= 0.3 is 6.09 Å². The lowest BCUT2D eigenvalue weighted by Crippen LogP contribution is -2.36. The Bertz CT molecular complexity index is 470. The zero-order chi connectivity index (χ0) is 11.9. The molecule has 84 valence electrons. The highest BCUT2D eigenvalue weighted by molar-refractivity contribution is 6.19. The zero-order valence-corrected chi connectivity index (χ0v) is 8.86. The number of ether oxygens (including phenoxy) is 1. The molecule has 0 spiro atoms. The Morgan fingerprint density at radius 3 is 2.38 bits per heavy atom. The first kappa shape index (κ1) is 10.6. The highest BCUT2D eigenvalue weighted by atomic mass is 19.1. The SMILES string of the molecule is CC1(C)OC(=O)N(c2ccccc2F)C1=O. The van der Waals surface area contributed by atoms with Crippen LogP contribution in [0.4, 0.5) is 14.9 Å². The molecule has 1 fully saturated rings. The molecule has 0 aliphatic carbocycles. The maximum atomic E-state index is 13.4. The third kappa shape index (κ3) is 1.44. The van der Waals surface area contributed by atoms with Crippen molar-refractivity contribution in [3.63, 3.8) is 0 Å². The summed E-state index contributed by atoms with van der Waals surface area (Å²) >= 11 is 0. The number of amides is 2.